The summed E-state index contributed by atoms with van der Waals surface area (Å²) in [6.07, 6.45) is 0. The monoisotopic (exact) mass is 557 g/mol. The second kappa shape index (κ2) is 9.59. The molecule has 4 N–H and O–H groups in total. The van der Waals surface area contributed by atoms with Crippen LogP contribution in [0.3, 0.4) is 0 Å². The van der Waals surface area contributed by atoms with Gasteiger partial charge in [0.1, 0.15) is 45.8 Å². The van der Waals surface area contributed by atoms with Gasteiger partial charge >= 0.3 is 5.97 Å². The van der Waals surface area contributed by atoms with Gasteiger partial charge in [-0.3, -0.25) is 9.89 Å². The van der Waals surface area contributed by atoms with E-state index in [0.717, 1.165) is 18.2 Å². The highest BCUT2D eigenvalue weighted by molar-refractivity contribution is 5.98. The number of anilines is 1. The number of nitrogen functional groups attached to an aromatic ring is 1. The predicted molar refractivity (Wildman–Crippen MR) is 144 cm³/mol. The fourth-order valence-corrected chi connectivity index (χ4v) is 4.76. The first-order chi connectivity index (χ1) is 19.6. The summed E-state index contributed by atoms with van der Waals surface area (Å²) in [6, 6.07) is 12.6. The van der Waals surface area contributed by atoms with Gasteiger partial charge in [0.05, 0.1) is 28.1 Å². The first kappa shape index (κ1) is 25.7. The lowest BCUT2D eigenvalue weighted by molar-refractivity contribution is 0.0696. The third-order valence-electron chi connectivity index (χ3n) is 6.73. The lowest BCUT2D eigenvalue weighted by Gasteiger charge is -2.16. The molecule has 9 nitrogen and oxygen atoms in total. The van der Waals surface area contributed by atoms with Gasteiger partial charge in [-0.25, -0.2) is 27.9 Å². The number of hydrogen-bond donors (Lipinski definition) is 3. The van der Waals surface area contributed by atoms with Crippen LogP contribution in [0.2, 0.25) is 0 Å². The molecule has 6 aromatic rings. The second-order valence-electron chi connectivity index (χ2n) is 9.28. The number of halogens is 3. The number of fused-ring (bicyclic) bond motifs is 2. The SMILES string of the molecule is CC(c1nc(N)c2c(-c3ccc(C(=O)O)cc3F)[nH]nc2n1)c1oc2cccc(F)c2c(=O)c1-c1cccc(F)c1. The Bertz CT molecular complexity index is 2090. The molecular weight excluding hydrogens is 539 g/mol. The summed E-state index contributed by atoms with van der Waals surface area (Å²) in [4.78, 5) is 33.6. The van der Waals surface area contributed by atoms with Crippen molar-refractivity contribution in [2.45, 2.75) is 12.8 Å². The number of nitrogens with zero attached hydrogens (tertiary/aromatic N) is 3. The first-order valence-electron chi connectivity index (χ1n) is 12.2. The van der Waals surface area contributed by atoms with Crippen LogP contribution in [0.5, 0.6) is 0 Å². The number of carboxylic acid groups (broad SMARTS) is 1. The summed E-state index contributed by atoms with van der Waals surface area (Å²) in [7, 11) is 0. The molecule has 0 aliphatic rings. The number of aromatic nitrogens is 4. The number of H-pyrrole nitrogens is 1. The van der Waals surface area contributed by atoms with E-state index in [1.807, 2.05) is 0 Å². The number of hydrogen-bond acceptors (Lipinski definition) is 7. The zero-order valence-corrected chi connectivity index (χ0v) is 21.1. The molecule has 12 heteroatoms. The summed E-state index contributed by atoms with van der Waals surface area (Å²) in [6.45, 7) is 1.63. The van der Waals surface area contributed by atoms with Gasteiger partial charge in [-0.1, -0.05) is 18.2 Å². The summed E-state index contributed by atoms with van der Waals surface area (Å²) >= 11 is 0. The van der Waals surface area contributed by atoms with Crippen LogP contribution in [0, 0.1) is 17.5 Å². The van der Waals surface area contributed by atoms with E-state index >= 15 is 0 Å². The molecular formula is C29H18F3N5O4. The number of nitrogens with one attached hydrogen (secondary N) is 1. The molecule has 3 aromatic carbocycles. The van der Waals surface area contributed by atoms with Crippen molar-refractivity contribution in [3.8, 4) is 22.4 Å². The maximum Gasteiger partial charge on any atom is 0.335 e. The normalized spacial score (nSPS) is 12.2. The van der Waals surface area contributed by atoms with Gasteiger partial charge in [0.25, 0.3) is 0 Å². The van der Waals surface area contributed by atoms with Crippen LogP contribution in [0.25, 0.3) is 44.4 Å². The van der Waals surface area contributed by atoms with Crippen LogP contribution in [-0.2, 0) is 0 Å². The Morgan fingerprint density at radius 2 is 1.78 bits per heavy atom. The van der Waals surface area contributed by atoms with E-state index in [1.54, 1.807) is 6.92 Å². The van der Waals surface area contributed by atoms with E-state index in [2.05, 4.69) is 20.2 Å². The number of carboxylic acids is 1. The van der Waals surface area contributed by atoms with Crippen molar-refractivity contribution in [2.75, 3.05) is 5.73 Å². The summed E-state index contributed by atoms with van der Waals surface area (Å²) < 4.78 is 49.7. The third-order valence-corrected chi connectivity index (χ3v) is 6.73. The number of carbonyl (C=O) groups is 1. The molecule has 3 heterocycles. The van der Waals surface area contributed by atoms with Crippen LogP contribution in [-0.4, -0.2) is 31.2 Å². The van der Waals surface area contributed by atoms with Crippen molar-refractivity contribution in [1.82, 2.24) is 20.2 Å². The molecule has 1 unspecified atom stereocenters. The summed E-state index contributed by atoms with van der Waals surface area (Å²) in [5.41, 5.74) is 5.63. The molecule has 0 spiro atoms. The molecule has 0 aliphatic carbocycles. The van der Waals surface area contributed by atoms with Crippen LogP contribution in [0.4, 0.5) is 19.0 Å². The van der Waals surface area contributed by atoms with E-state index in [-0.39, 0.29) is 67.4 Å². The fourth-order valence-electron chi connectivity index (χ4n) is 4.76. The van der Waals surface area contributed by atoms with Crippen molar-refractivity contribution in [2.24, 2.45) is 0 Å². The van der Waals surface area contributed by atoms with E-state index in [9.17, 15) is 22.8 Å². The van der Waals surface area contributed by atoms with Crippen molar-refractivity contribution in [3.63, 3.8) is 0 Å². The topological polar surface area (TPSA) is 148 Å². The van der Waals surface area contributed by atoms with E-state index < -0.39 is 34.8 Å². The Hall–Kier alpha value is -5.52. The fraction of sp³-hybridized carbons (Fsp3) is 0.0690. The van der Waals surface area contributed by atoms with E-state index in [0.29, 0.717) is 0 Å². The number of benzene rings is 3. The van der Waals surface area contributed by atoms with Crippen molar-refractivity contribution in [3.05, 3.63) is 105 Å². The molecule has 204 valence electrons. The number of nitrogens with two attached hydrogens (primary N) is 1. The zero-order valence-electron chi connectivity index (χ0n) is 21.1. The molecule has 1 atom stereocenters. The molecule has 0 saturated carbocycles. The molecule has 0 saturated heterocycles. The minimum Gasteiger partial charge on any atom is -0.478 e. The second-order valence-corrected chi connectivity index (χ2v) is 9.28. The highest BCUT2D eigenvalue weighted by Crippen LogP contribution is 2.36. The van der Waals surface area contributed by atoms with Crippen molar-refractivity contribution >= 4 is 33.8 Å². The maximum atomic E-state index is 14.8. The average molecular weight is 557 g/mol. The Labute approximate surface area is 228 Å². The quantitative estimate of drug-likeness (QED) is 0.247. The minimum atomic E-state index is -1.29. The van der Waals surface area contributed by atoms with Crippen molar-refractivity contribution < 1.29 is 27.5 Å². The molecule has 41 heavy (non-hydrogen) atoms. The smallest absolute Gasteiger partial charge is 0.335 e. The van der Waals surface area contributed by atoms with Gasteiger partial charge in [-0.15, -0.1) is 0 Å². The van der Waals surface area contributed by atoms with Gasteiger partial charge in [0.2, 0.25) is 5.43 Å². The van der Waals surface area contributed by atoms with Crippen LogP contribution < -0.4 is 11.2 Å². The average Bonchev–Trinajstić information content (AvgIpc) is 3.36. The van der Waals surface area contributed by atoms with Gasteiger partial charge in [-0.05, 0) is 55.0 Å². The van der Waals surface area contributed by atoms with Gasteiger partial charge < -0.3 is 15.3 Å². The van der Waals surface area contributed by atoms with Gasteiger partial charge in [0, 0.05) is 5.56 Å². The minimum absolute atomic E-state index is 0.00421. The molecule has 0 bridgehead atoms. The molecule has 0 amide bonds. The Balaban J connectivity index is 1.53. The third kappa shape index (κ3) is 4.25. The van der Waals surface area contributed by atoms with Gasteiger partial charge in [-0.2, -0.15) is 5.10 Å². The Morgan fingerprint density at radius 3 is 2.51 bits per heavy atom. The summed E-state index contributed by atoms with van der Waals surface area (Å²) in [5.74, 6) is -4.32. The lowest BCUT2D eigenvalue weighted by Crippen LogP contribution is -2.14. The largest absolute Gasteiger partial charge is 0.478 e. The Kier molecular flexibility index (Phi) is 6.02. The standard InChI is InChI=1S/C29H18F3N5O4/c1-12(25-20(13-4-2-5-15(30)10-13)24(38)21-17(31)6-3-7-19(21)41-25)27-34-26(33)22-23(36-37-28(22)35-27)16-9-8-14(29(39)40)11-18(16)32/h2-12H,1H3,(H,39,40)(H3,33,34,35,36,37). The van der Waals surface area contributed by atoms with Crippen LogP contribution in [0.15, 0.2) is 69.9 Å². The number of aromatic amines is 1. The molecule has 6 rings (SSSR count). The molecule has 0 fully saturated rings. The zero-order chi connectivity index (χ0) is 29.0. The first-order valence-corrected chi connectivity index (χ1v) is 12.2. The molecule has 0 aliphatic heterocycles. The number of rotatable bonds is 5. The van der Waals surface area contributed by atoms with E-state index in [4.69, 9.17) is 15.3 Å². The molecule has 0 radical (unpaired) electrons. The highest BCUT2D eigenvalue weighted by atomic mass is 19.1. The van der Waals surface area contributed by atoms with E-state index in [1.165, 1.54) is 42.5 Å². The Morgan fingerprint density at radius 1 is 1.00 bits per heavy atom. The predicted octanol–water partition coefficient (Wildman–Crippen LogP) is 5.64. The highest BCUT2D eigenvalue weighted by Gasteiger charge is 2.27. The molecule has 3 aromatic heterocycles. The van der Waals surface area contributed by atoms with Crippen molar-refractivity contribution in [1.29, 1.82) is 0 Å². The van der Waals surface area contributed by atoms with Gasteiger partial charge in [0.15, 0.2) is 5.65 Å². The number of aromatic carboxylic acids is 1. The van der Waals surface area contributed by atoms with Crippen LogP contribution in [0.1, 0.15) is 34.8 Å². The van der Waals surface area contributed by atoms with Crippen LogP contribution >= 0.6 is 0 Å². The summed E-state index contributed by atoms with van der Waals surface area (Å²) in [5, 5.41) is 15.8. The lowest BCUT2D eigenvalue weighted by atomic mass is 9.95. The maximum absolute atomic E-state index is 14.8.